The van der Waals surface area contributed by atoms with Crippen molar-refractivity contribution in [3.05, 3.63) is 140 Å². The van der Waals surface area contributed by atoms with Crippen LogP contribution >= 0.6 is 119 Å². The summed E-state index contributed by atoms with van der Waals surface area (Å²) in [5.74, 6) is 7.34. The fourth-order valence-electron chi connectivity index (χ4n) is 15.9. The molecule has 0 unspecified atom stereocenters. The number of hydrogen-bond donors (Lipinski definition) is 0. The van der Waals surface area contributed by atoms with E-state index in [1.807, 2.05) is 0 Å². The van der Waals surface area contributed by atoms with Gasteiger partial charge in [-0.1, -0.05) is 165 Å². The molecule has 8 heteroatoms. The van der Waals surface area contributed by atoms with E-state index in [-0.39, 0.29) is 36.8 Å². The molecule has 0 nitrogen and oxygen atoms in total. The molecule has 8 bridgehead atoms. The van der Waals surface area contributed by atoms with Crippen LogP contribution in [0.3, 0.4) is 0 Å². The smallest absolute Gasteiger partial charge is 0.107 e. The van der Waals surface area contributed by atoms with Crippen LogP contribution in [-0.2, 0) is 10.8 Å². The van der Waals surface area contributed by atoms with Crippen molar-refractivity contribution in [1.29, 1.82) is 0 Å². The van der Waals surface area contributed by atoms with Crippen LogP contribution in [0.4, 0.5) is 0 Å². The topological polar surface area (TPSA) is 0 Å². The first-order valence-corrected chi connectivity index (χ1v) is 28.6. The van der Waals surface area contributed by atoms with Crippen LogP contribution < -0.4 is 0 Å². The molecule has 6 aromatic rings. The van der Waals surface area contributed by atoms with E-state index in [0.717, 1.165) is 47.3 Å². The zero-order chi connectivity index (χ0) is 41.1. The lowest BCUT2D eigenvalue weighted by Crippen LogP contribution is -2.55. The molecule has 62 heavy (non-hydrogen) atoms. The van der Waals surface area contributed by atoms with Crippen molar-refractivity contribution in [2.24, 2.45) is 47.3 Å². The summed E-state index contributed by atoms with van der Waals surface area (Å²) in [6.45, 7) is 0. The highest BCUT2D eigenvalue weighted by Gasteiger charge is 2.63. The Labute approximate surface area is 432 Å². The van der Waals surface area contributed by atoms with Crippen molar-refractivity contribution >= 4 is 140 Å². The standard InChI is InChI=1S/C26H22Br2.C26H24.CHCl3.CH4.Br2.HI/c27-18-5-6-21-22(12-18)26(16-8-14-7-15(10-16)11-17(26)9-14)23-13-24(28)19-3-1-2-4-20(19)25(21)23;1-2-6-21-18(5-1)9-10-24-25(21)22-7-3-4-8-23(22)26(24)19-12-16-11-17(14-19)15-20(26)13-16;2-1(3)4;;1-2;/h1-6,12-17H,7-11H2;1-10,16-17,19-20H,11-15H2;1H;1H4;;1H. The summed E-state index contributed by atoms with van der Waals surface area (Å²) < 4.78 is 1.75. The molecule has 0 aliphatic heterocycles. The van der Waals surface area contributed by atoms with Gasteiger partial charge in [-0.3, -0.25) is 0 Å². The fourth-order valence-corrected chi connectivity index (χ4v) is 16.8. The molecule has 0 atom stereocenters. The van der Waals surface area contributed by atoms with E-state index < -0.39 is 4.30 Å². The first-order chi connectivity index (χ1) is 29.2. The molecule has 8 saturated carbocycles. The quantitative estimate of drug-likeness (QED) is 0.105. The Morgan fingerprint density at radius 2 is 0.903 bits per heavy atom. The minimum absolute atomic E-state index is 0. The van der Waals surface area contributed by atoms with Gasteiger partial charge < -0.3 is 0 Å². The lowest BCUT2D eigenvalue weighted by molar-refractivity contribution is -0.0399. The molecule has 6 aromatic carbocycles. The average Bonchev–Trinajstić information content (AvgIpc) is 3.70. The van der Waals surface area contributed by atoms with Crippen LogP contribution in [0.15, 0.2) is 118 Å². The third-order valence-corrected chi connectivity index (χ3v) is 18.2. The van der Waals surface area contributed by atoms with Gasteiger partial charge in [0, 0.05) is 48.0 Å². The molecule has 10 aliphatic rings. The molecule has 0 amide bonds. The van der Waals surface area contributed by atoms with Crippen LogP contribution in [0.1, 0.15) is 93.9 Å². The second-order valence-electron chi connectivity index (χ2n) is 19.4. The SMILES string of the molecule is BrBr.Brc1ccc2c(c1)C1(c3cc(Br)c4ccccc4c3-2)C2CC3CC(C2)CC1C3.C.ClC(Cl)Cl.I.c1ccc2c(c1)-c1c(ccc3ccccc13)C21C2CC3CC(C2)CC1C3. The summed E-state index contributed by atoms with van der Waals surface area (Å²) in [6.07, 6.45) is 14.6. The maximum Gasteiger partial charge on any atom is 0.180 e. The van der Waals surface area contributed by atoms with Crippen molar-refractivity contribution < 1.29 is 0 Å². The Morgan fingerprint density at radius 3 is 1.48 bits per heavy atom. The molecule has 0 saturated heterocycles. The molecular formula is C54H52Br4Cl3I. The molecule has 0 radical (unpaired) electrons. The number of hydrogen-bond acceptors (Lipinski definition) is 0. The Hall–Kier alpha value is -0.640. The minimum Gasteiger partial charge on any atom is -0.107 e. The number of benzene rings is 6. The Balaban J connectivity index is 0.000000137. The van der Waals surface area contributed by atoms with E-state index in [0.29, 0.717) is 5.41 Å². The number of rotatable bonds is 0. The predicted molar refractivity (Wildman–Crippen MR) is 291 cm³/mol. The molecule has 324 valence electrons. The van der Waals surface area contributed by atoms with Crippen LogP contribution in [0.25, 0.3) is 43.8 Å². The van der Waals surface area contributed by atoms with Gasteiger partial charge in [0.2, 0.25) is 0 Å². The summed E-state index contributed by atoms with van der Waals surface area (Å²) in [4.78, 5) is 0. The largest absolute Gasteiger partial charge is 0.180 e. The molecular weight excluding hydrogens is 1200 g/mol. The molecule has 8 fully saturated rings. The third-order valence-electron chi connectivity index (χ3n) is 17.0. The first kappa shape index (κ1) is 46.5. The zero-order valence-electron chi connectivity index (χ0n) is 33.7. The Morgan fingerprint density at radius 1 is 0.452 bits per heavy atom. The van der Waals surface area contributed by atoms with E-state index in [1.165, 1.54) is 111 Å². The average molecular weight is 1250 g/mol. The van der Waals surface area contributed by atoms with Gasteiger partial charge in [0.05, 0.1) is 0 Å². The fraction of sp³-hybridized carbons (Fsp3) is 0.407. The molecule has 16 rings (SSSR count). The molecule has 10 aliphatic carbocycles. The van der Waals surface area contributed by atoms with Gasteiger partial charge in [0.25, 0.3) is 0 Å². The van der Waals surface area contributed by atoms with Crippen LogP contribution in [-0.4, -0.2) is 4.30 Å². The second-order valence-corrected chi connectivity index (χ2v) is 23.1. The van der Waals surface area contributed by atoms with Crippen LogP contribution in [0, 0.1) is 47.3 Å². The van der Waals surface area contributed by atoms with Gasteiger partial charge in [-0.25, -0.2) is 0 Å². The van der Waals surface area contributed by atoms with E-state index in [4.69, 9.17) is 34.8 Å². The molecule has 0 N–H and O–H groups in total. The van der Waals surface area contributed by atoms with Crippen molar-refractivity contribution in [3.8, 4) is 22.3 Å². The normalized spacial score (nSPS) is 31.2. The summed E-state index contributed by atoms with van der Waals surface area (Å²) in [5, 5.41) is 5.61. The number of fused-ring (bicyclic) bond motifs is 10. The van der Waals surface area contributed by atoms with Crippen LogP contribution in [0.2, 0.25) is 0 Å². The van der Waals surface area contributed by atoms with Crippen molar-refractivity contribution in [3.63, 3.8) is 0 Å². The van der Waals surface area contributed by atoms with Gasteiger partial charge in [0.15, 0.2) is 4.30 Å². The summed E-state index contributed by atoms with van der Waals surface area (Å²) in [6, 6.07) is 41.9. The molecule has 0 aromatic heterocycles. The highest BCUT2D eigenvalue weighted by Crippen LogP contribution is 2.72. The van der Waals surface area contributed by atoms with Crippen molar-refractivity contribution in [1.82, 2.24) is 0 Å². The molecule has 2 spiro atoms. The van der Waals surface area contributed by atoms with E-state index in [9.17, 15) is 0 Å². The maximum atomic E-state index is 4.81. The summed E-state index contributed by atoms with van der Waals surface area (Å²) in [5.41, 5.74) is 13.2. The highest BCUT2D eigenvalue weighted by atomic mass is 127. The number of halogens is 8. The second kappa shape index (κ2) is 18.1. The summed E-state index contributed by atoms with van der Waals surface area (Å²) >= 11 is 27.7. The monoisotopic (exact) mass is 1250 g/mol. The van der Waals surface area contributed by atoms with Gasteiger partial charge in [-0.15, -0.1) is 24.0 Å². The van der Waals surface area contributed by atoms with E-state index in [1.54, 1.807) is 27.8 Å². The van der Waals surface area contributed by atoms with Crippen LogP contribution in [0.5, 0.6) is 0 Å². The molecule has 0 heterocycles. The van der Waals surface area contributed by atoms with E-state index >= 15 is 0 Å². The van der Waals surface area contributed by atoms with Gasteiger partial charge in [-0.05, 0) is 196 Å². The zero-order valence-corrected chi connectivity index (χ0v) is 44.7. The number of alkyl halides is 3. The predicted octanol–water partition coefficient (Wildman–Crippen LogP) is 19.6. The Kier molecular flexibility index (Phi) is 13.6. The highest BCUT2D eigenvalue weighted by molar-refractivity contribution is 14.0. The third kappa shape index (κ3) is 6.97. The lowest BCUT2D eigenvalue weighted by Gasteiger charge is -2.61. The summed E-state index contributed by atoms with van der Waals surface area (Å²) in [7, 11) is 0. The van der Waals surface area contributed by atoms with Crippen molar-refractivity contribution in [2.75, 3.05) is 0 Å². The Bertz CT molecular complexity index is 2600. The minimum atomic E-state index is -0.750. The first-order valence-electron chi connectivity index (χ1n) is 22.0. The van der Waals surface area contributed by atoms with Gasteiger partial charge >= 0.3 is 0 Å². The lowest BCUT2D eigenvalue weighted by atomic mass is 9.43. The maximum absolute atomic E-state index is 4.81. The van der Waals surface area contributed by atoms with E-state index in [2.05, 4.69) is 169 Å². The van der Waals surface area contributed by atoms with Gasteiger partial charge in [-0.2, -0.15) is 0 Å². The van der Waals surface area contributed by atoms with Crippen molar-refractivity contribution in [2.45, 2.75) is 86.8 Å². The van der Waals surface area contributed by atoms with Gasteiger partial charge in [0.1, 0.15) is 0 Å².